The molecule has 0 aliphatic carbocycles. The Morgan fingerprint density at radius 2 is 1.92 bits per heavy atom. The molecule has 2 aromatic rings. The largest absolute Gasteiger partial charge is 0.486 e. The van der Waals surface area contributed by atoms with Crippen LogP contribution in [0.4, 0.5) is 0 Å². The normalized spacial score (nSPS) is 14.2. The Balaban J connectivity index is 1.93. The van der Waals surface area contributed by atoms with Crippen LogP contribution in [0.15, 0.2) is 18.2 Å². The van der Waals surface area contributed by atoms with E-state index in [2.05, 4.69) is 10.1 Å². The molecule has 0 saturated carbocycles. The molecule has 1 aromatic carbocycles. The molecule has 2 heterocycles. The summed E-state index contributed by atoms with van der Waals surface area (Å²) in [5, 5.41) is 4.61. The lowest BCUT2D eigenvalue weighted by atomic mass is 10.2. The number of aromatic nitrogens is 3. The molecule has 3 rings (SSSR count). The predicted molar refractivity (Wildman–Crippen MR) is 97.6 cm³/mol. The SMILES string of the molecule is CC(C)c1nc(CCN(C)S(C)(=O)=O)n(-c2ccc3c(c2)OCCO3)n1. The highest BCUT2D eigenvalue weighted by molar-refractivity contribution is 7.88. The van der Waals surface area contributed by atoms with Crippen LogP contribution in [0.5, 0.6) is 11.5 Å². The quantitative estimate of drug-likeness (QED) is 0.756. The van der Waals surface area contributed by atoms with E-state index >= 15 is 0 Å². The second-order valence-electron chi connectivity index (χ2n) is 6.62. The first kappa shape index (κ1) is 18.7. The third-order valence-electron chi connectivity index (χ3n) is 4.19. The van der Waals surface area contributed by atoms with Crippen LogP contribution >= 0.6 is 0 Å². The van der Waals surface area contributed by atoms with E-state index < -0.39 is 10.0 Å². The summed E-state index contributed by atoms with van der Waals surface area (Å²) in [4.78, 5) is 4.61. The van der Waals surface area contributed by atoms with E-state index in [1.165, 1.54) is 10.6 Å². The van der Waals surface area contributed by atoms with E-state index in [4.69, 9.17) is 9.47 Å². The molecule has 0 atom stereocenters. The minimum Gasteiger partial charge on any atom is -0.486 e. The maximum atomic E-state index is 11.6. The average Bonchev–Trinajstić information content (AvgIpc) is 3.03. The van der Waals surface area contributed by atoms with Gasteiger partial charge in [-0.25, -0.2) is 22.4 Å². The molecule has 8 nitrogen and oxygen atoms in total. The molecule has 0 radical (unpaired) electrons. The summed E-state index contributed by atoms with van der Waals surface area (Å²) >= 11 is 0. The summed E-state index contributed by atoms with van der Waals surface area (Å²) in [7, 11) is -1.67. The van der Waals surface area contributed by atoms with E-state index in [9.17, 15) is 8.42 Å². The van der Waals surface area contributed by atoms with Crippen molar-refractivity contribution in [2.75, 3.05) is 33.1 Å². The summed E-state index contributed by atoms with van der Waals surface area (Å²) in [5.41, 5.74) is 0.811. The van der Waals surface area contributed by atoms with Gasteiger partial charge in [-0.15, -0.1) is 0 Å². The summed E-state index contributed by atoms with van der Waals surface area (Å²) < 4.78 is 37.5. The van der Waals surface area contributed by atoms with Gasteiger partial charge in [0.05, 0.1) is 11.9 Å². The van der Waals surface area contributed by atoms with Crippen LogP contribution in [0.3, 0.4) is 0 Å². The lowest BCUT2D eigenvalue weighted by Gasteiger charge is -2.19. The third kappa shape index (κ3) is 3.99. The topological polar surface area (TPSA) is 86.6 Å². The number of nitrogens with zero attached hydrogens (tertiary/aromatic N) is 4. The number of benzene rings is 1. The van der Waals surface area contributed by atoms with Crippen LogP contribution in [0.25, 0.3) is 5.69 Å². The minimum absolute atomic E-state index is 0.167. The lowest BCUT2D eigenvalue weighted by molar-refractivity contribution is 0.171. The molecule has 1 aliphatic heterocycles. The van der Waals surface area contributed by atoms with Crippen molar-refractivity contribution in [2.24, 2.45) is 0 Å². The summed E-state index contributed by atoms with van der Waals surface area (Å²) in [5.74, 6) is 2.98. The molecule has 0 spiro atoms. The zero-order valence-electron chi connectivity index (χ0n) is 15.5. The first-order valence-corrected chi connectivity index (χ1v) is 10.4. The van der Waals surface area contributed by atoms with E-state index in [0.717, 1.165) is 11.5 Å². The highest BCUT2D eigenvalue weighted by Gasteiger charge is 2.19. The van der Waals surface area contributed by atoms with Gasteiger partial charge in [-0.3, -0.25) is 0 Å². The molecular formula is C17H24N4O4S. The standard InChI is InChI=1S/C17H24N4O4S/c1-12(2)17-18-16(7-8-20(3)26(4,22)23)21(19-17)13-5-6-14-15(11-13)25-10-9-24-14/h5-6,11-12H,7-10H2,1-4H3. The van der Waals surface area contributed by atoms with Gasteiger partial charge in [-0.2, -0.15) is 5.10 Å². The fourth-order valence-corrected chi connectivity index (χ4v) is 2.99. The van der Waals surface area contributed by atoms with Gasteiger partial charge < -0.3 is 9.47 Å². The van der Waals surface area contributed by atoms with Gasteiger partial charge in [0.2, 0.25) is 10.0 Å². The van der Waals surface area contributed by atoms with Crippen LogP contribution in [0.2, 0.25) is 0 Å². The van der Waals surface area contributed by atoms with Crippen LogP contribution in [-0.4, -0.2) is 60.5 Å². The second-order valence-corrected chi connectivity index (χ2v) is 8.70. The van der Waals surface area contributed by atoms with Crippen molar-refractivity contribution in [3.05, 3.63) is 29.8 Å². The molecular weight excluding hydrogens is 356 g/mol. The molecule has 0 bridgehead atoms. The molecule has 0 unspecified atom stereocenters. The number of likely N-dealkylation sites (N-methyl/N-ethyl adjacent to an activating group) is 1. The maximum absolute atomic E-state index is 11.6. The Morgan fingerprint density at radius 3 is 2.58 bits per heavy atom. The zero-order chi connectivity index (χ0) is 18.9. The van der Waals surface area contributed by atoms with Crippen LogP contribution in [-0.2, 0) is 16.4 Å². The van der Waals surface area contributed by atoms with Gasteiger partial charge in [-0.1, -0.05) is 13.8 Å². The molecule has 142 valence electrons. The Labute approximate surface area is 153 Å². The summed E-state index contributed by atoms with van der Waals surface area (Å²) in [6.45, 7) is 5.43. The Morgan fingerprint density at radius 1 is 1.23 bits per heavy atom. The van der Waals surface area contributed by atoms with Crippen LogP contribution in [0.1, 0.15) is 31.4 Å². The van der Waals surface area contributed by atoms with Crippen molar-refractivity contribution >= 4 is 10.0 Å². The zero-order valence-corrected chi connectivity index (χ0v) is 16.3. The molecule has 26 heavy (non-hydrogen) atoms. The molecule has 0 amide bonds. The number of fused-ring (bicyclic) bond motifs is 1. The highest BCUT2D eigenvalue weighted by Crippen LogP contribution is 2.32. The van der Waals surface area contributed by atoms with Crippen molar-refractivity contribution in [1.82, 2.24) is 19.1 Å². The fraction of sp³-hybridized carbons (Fsp3) is 0.529. The Hall–Kier alpha value is -2.13. The van der Waals surface area contributed by atoms with E-state index in [-0.39, 0.29) is 5.92 Å². The van der Waals surface area contributed by atoms with Gasteiger partial charge in [-0.05, 0) is 12.1 Å². The minimum atomic E-state index is -3.23. The van der Waals surface area contributed by atoms with Crippen molar-refractivity contribution < 1.29 is 17.9 Å². The van der Waals surface area contributed by atoms with Gasteiger partial charge in [0.1, 0.15) is 19.0 Å². The third-order valence-corrected chi connectivity index (χ3v) is 5.51. The summed E-state index contributed by atoms with van der Waals surface area (Å²) in [6.07, 6.45) is 1.65. The monoisotopic (exact) mass is 380 g/mol. The Bertz CT molecular complexity index is 892. The van der Waals surface area contributed by atoms with Gasteiger partial charge in [0, 0.05) is 32.0 Å². The van der Waals surface area contributed by atoms with Gasteiger partial charge in [0.25, 0.3) is 0 Å². The maximum Gasteiger partial charge on any atom is 0.210 e. The van der Waals surface area contributed by atoms with Gasteiger partial charge in [0.15, 0.2) is 17.3 Å². The number of sulfonamides is 1. The lowest BCUT2D eigenvalue weighted by Crippen LogP contribution is -2.28. The number of rotatable bonds is 6. The molecule has 1 aliphatic rings. The first-order valence-electron chi connectivity index (χ1n) is 8.53. The van der Waals surface area contributed by atoms with E-state index in [1.807, 2.05) is 32.0 Å². The van der Waals surface area contributed by atoms with Crippen molar-refractivity contribution in [1.29, 1.82) is 0 Å². The van der Waals surface area contributed by atoms with Crippen LogP contribution in [0, 0.1) is 0 Å². The first-order chi connectivity index (χ1) is 12.3. The number of hydrogen-bond donors (Lipinski definition) is 0. The molecule has 0 fully saturated rings. The smallest absolute Gasteiger partial charge is 0.210 e. The number of hydrogen-bond acceptors (Lipinski definition) is 6. The average molecular weight is 380 g/mol. The van der Waals surface area contributed by atoms with E-state index in [1.54, 1.807) is 11.7 Å². The molecule has 0 N–H and O–H groups in total. The Kier molecular flexibility index (Phi) is 5.19. The predicted octanol–water partition coefficient (Wildman–Crippen LogP) is 1.60. The second kappa shape index (κ2) is 7.24. The number of ether oxygens (including phenoxy) is 2. The highest BCUT2D eigenvalue weighted by atomic mass is 32.2. The molecule has 0 saturated heterocycles. The van der Waals surface area contributed by atoms with Crippen molar-refractivity contribution in [3.63, 3.8) is 0 Å². The van der Waals surface area contributed by atoms with Crippen molar-refractivity contribution in [2.45, 2.75) is 26.2 Å². The van der Waals surface area contributed by atoms with Crippen LogP contribution < -0.4 is 9.47 Å². The van der Waals surface area contributed by atoms with Crippen molar-refractivity contribution in [3.8, 4) is 17.2 Å². The fourth-order valence-electron chi connectivity index (χ4n) is 2.56. The van der Waals surface area contributed by atoms with Gasteiger partial charge >= 0.3 is 0 Å². The summed E-state index contributed by atoms with van der Waals surface area (Å²) in [6, 6.07) is 5.63. The van der Waals surface area contributed by atoms with E-state index in [0.29, 0.717) is 43.5 Å². The molecule has 1 aromatic heterocycles. The molecule has 9 heteroatoms.